The van der Waals surface area contributed by atoms with Gasteiger partial charge in [-0.1, -0.05) is 157 Å². The lowest BCUT2D eigenvalue weighted by Crippen LogP contribution is -2.32. The average molecular weight is 839 g/mol. The van der Waals surface area contributed by atoms with Gasteiger partial charge in [-0.25, -0.2) is 0 Å². The van der Waals surface area contributed by atoms with Crippen molar-refractivity contribution < 1.29 is 0 Å². The van der Waals surface area contributed by atoms with E-state index in [1.54, 1.807) is 12.1 Å². The number of allylic oxidation sites excluding steroid dienone is 2. The predicted octanol–water partition coefficient (Wildman–Crippen LogP) is 14.6. The van der Waals surface area contributed by atoms with Crippen LogP contribution in [0.25, 0.3) is 66.1 Å². The zero-order valence-electron chi connectivity index (χ0n) is 37.3. The van der Waals surface area contributed by atoms with Crippen molar-refractivity contribution in [1.82, 2.24) is 9.13 Å². The lowest BCUT2D eigenvalue weighted by Gasteiger charge is -2.36. The molecule has 11 rings (SSSR count). The standard InChI is InChI=1S/C59H46N6/c1-58(2,3)38-27-29-52-44(31-38)45-32-39(59(4,5)6)28-30-53(45)65(52)57-55(63-48-19-11-7-15-40(48)41-16-8-12-20-49(41)63)46(34-61)54(37-25-23-36(33-60)24-26-37)47(35-62)56(57)64-50-21-13-9-17-42(50)43-18-10-14-22-51(43)64/h7-32,44,52H,1-6H3. The Balaban J connectivity index is 1.41. The Labute approximate surface area is 379 Å². The molecule has 0 saturated heterocycles. The van der Waals surface area contributed by atoms with Gasteiger partial charge in [0.25, 0.3) is 0 Å². The third-order valence-corrected chi connectivity index (χ3v) is 13.7. The number of hydrogen-bond donors (Lipinski definition) is 0. The van der Waals surface area contributed by atoms with Gasteiger partial charge < -0.3 is 14.0 Å². The molecular weight excluding hydrogens is 793 g/mol. The lowest BCUT2D eigenvalue weighted by atomic mass is 9.77. The fraction of sp³-hybridized carbons (Fsp3) is 0.169. The molecule has 0 spiro atoms. The van der Waals surface area contributed by atoms with Crippen LogP contribution in [0.15, 0.2) is 163 Å². The maximum atomic E-state index is 12.0. The molecule has 1 aliphatic heterocycles. The molecule has 0 saturated carbocycles. The average Bonchev–Trinajstić information content (AvgIpc) is 3.95. The summed E-state index contributed by atoms with van der Waals surface area (Å²) < 4.78 is 4.54. The molecule has 3 heterocycles. The molecule has 7 aromatic carbocycles. The highest BCUT2D eigenvalue weighted by Crippen LogP contribution is 2.57. The summed E-state index contributed by atoms with van der Waals surface area (Å²) in [6, 6.07) is 55.4. The second kappa shape index (κ2) is 14.5. The van der Waals surface area contributed by atoms with Crippen LogP contribution in [0.3, 0.4) is 0 Å². The third-order valence-electron chi connectivity index (χ3n) is 13.7. The number of aromatic nitrogens is 2. The van der Waals surface area contributed by atoms with Crippen molar-refractivity contribution in [1.29, 1.82) is 15.8 Å². The van der Waals surface area contributed by atoms with Crippen LogP contribution in [0.1, 0.15) is 75.3 Å². The molecule has 65 heavy (non-hydrogen) atoms. The van der Waals surface area contributed by atoms with Gasteiger partial charge >= 0.3 is 0 Å². The van der Waals surface area contributed by atoms with E-state index in [9.17, 15) is 15.8 Å². The number of nitriles is 3. The minimum atomic E-state index is -0.205. The first-order valence-corrected chi connectivity index (χ1v) is 22.3. The Morgan fingerprint density at radius 1 is 0.508 bits per heavy atom. The SMILES string of the molecule is CC(C)(C)C1=CC2c3cc(C(C)(C)C)ccc3N(c3c(-n4c5ccccc5c5ccccc54)c(C#N)c(-c4ccc(C#N)cc4)c(C#N)c3-n3c4ccccc4c4ccccc43)C2C=C1. The van der Waals surface area contributed by atoms with E-state index in [4.69, 9.17) is 0 Å². The molecule has 0 amide bonds. The van der Waals surface area contributed by atoms with Crippen LogP contribution in [0.5, 0.6) is 0 Å². The topological polar surface area (TPSA) is 84.5 Å². The summed E-state index contributed by atoms with van der Waals surface area (Å²) >= 11 is 0. The van der Waals surface area contributed by atoms with Gasteiger partial charge in [0.2, 0.25) is 0 Å². The lowest BCUT2D eigenvalue weighted by molar-refractivity contribution is 0.507. The highest BCUT2D eigenvalue weighted by atomic mass is 15.2. The van der Waals surface area contributed by atoms with Gasteiger partial charge in [0.15, 0.2) is 0 Å². The van der Waals surface area contributed by atoms with Crippen LogP contribution in [0, 0.1) is 39.4 Å². The van der Waals surface area contributed by atoms with Crippen LogP contribution in [-0.2, 0) is 5.41 Å². The Morgan fingerprint density at radius 2 is 0.985 bits per heavy atom. The van der Waals surface area contributed by atoms with Crippen LogP contribution >= 0.6 is 0 Å². The Kier molecular flexibility index (Phi) is 8.84. The summed E-state index contributed by atoms with van der Waals surface area (Å²) in [5.74, 6) is -0.0298. The van der Waals surface area contributed by atoms with Gasteiger partial charge in [0.05, 0.1) is 67.9 Å². The van der Waals surface area contributed by atoms with Crippen LogP contribution in [0.2, 0.25) is 0 Å². The minimum Gasteiger partial charge on any atom is -0.330 e. The second-order valence-corrected chi connectivity index (χ2v) is 19.5. The first-order valence-electron chi connectivity index (χ1n) is 22.3. The molecule has 0 N–H and O–H groups in total. The molecule has 9 aromatic rings. The quantitative estimate of drug-likeness (QED) is 0.177. The Morgan fingerprint density at radius 3 is 1.42 bits per heavy atom. The van der Waals surface area contributed by atoms with Crippen molar-refractivity contribution in [3.8, 4) is 40.7 Å². The fourth-order valence-corrected chi connectivity index (χ4v) is 10.5. The van der Waals surface area contributed by atoms with Crippen molar-refractivity contribution >= 4 is 55.0 Å². The predicted molar refractivity (Wildman–Crippen MR) is 265 cm³/mol. The van der Waals surface area contributed by atoms with E-state index < -0.39 is 0 Å². The van der Waals surface area contributed by atoms with E-state index in [0.29, 0.717) is 39.2 Å². The van der Waals surface area contributed by atoms with Gasteiger partial charge in [-0.2, -0.15) is 15.8 Å². The summed E-state index contributed by atoms with van der Waals surface area (Å²) in [6.07, 6.45) is 7.09. The Bertz CT molecular complexity index is 3410. The number of rotatable bonds is 4. The van der Waals surface area contributed by atoms with E-state index in [1.807, 2.05) is 12.1 Å². The van der Waals surface area contributed by atoms with Crippen LogP contribution in [0.4, 0.5) is 11.4 Å². The molecule has 2 atom stereocenters. The van der Waals surface area contributed by atoms with E-state index in [-0.39, 0.29) is 22.8 Å². The van der Waals surface area contributed by atoms with Crippen molar-refractivity contribution in [3.05, 3.63) is 191 Å². The number of fused-ring (bicyclic) bond motifs is 9. The van der Waals surface area contributed by atoms with Crippen molar-refractivity contribution in [3.63, 3.8) is 0 Å². The monoisotopic (exact) mass is 838 g/mol. The van der Waals surface area contributed by atoms with Crippen molar-refractivity contribution in [2.24, 2.45) is 5.41 Å². The molecule has 2 aromatic heterocycles. The van der Waals surface area contributed by atoms with Gasteiger partial charge in [-0.15, -0.1) is 0 Å². The normalized spacial score (nSPS) is 15.8. The Hall–Kier alpha value is -8.11. The third kappa shape index (κ3) is 5.90. The number of anilines is 2. The number of para-hydroxylation sites is 4. The maximum Gasteiger partial charge on any atom is 0.102 e. The van der Waals surface area contributed by atoms with E-state index in [1.165, 1.54) is 16.7 Å². The molecule has 0 bridgehead atoms. The smallest absolute Gasteiger partial charge is 0.102 e. The zero-order valence-corrected chi connectivity index (χ0v) is 37.3. The zero-order chi connectivity index (χ0) is 44.9. The van der Waals surface area contributed by atoms with Crippen LogP contribution < -0.4 is 4.90 Å². The molecule has 2 aliphatic rings. The highest BCUT2D eigenvalue weighted by molar-refractivity contribution is 6.13. The van der Waals surface area contributed by atoms with Crippen molar-refractivity contribution in [2.75, 3.05) is 4.90 Å². The fourth-order valence-electron chi connectivity index (χ4n) is 10.5. The van der Waals surface area contributed by atoms with E-state index >= 15 is 0 Å². The summed E-state index contributed by atoms with van der Waals surface area (Å²) in [5.41, 5.74) is 12.9. The van der Waals surface area contributed by atoms with Gasteiger partial charge in [0, 0.05) is 38.7 Å². The highest BCUT2D eigenvalue weighted by Gasteiger charge is 2.44. The number of nitrogens with zero attached hydrogens (tertiary/aromatic N) is 6. The molecule has 0 radical (unpaired) electrons. The maximum absolute atomic E-state index is 12.0. The molecule has 0 fully saturated rings. The van der Waals surface area contributed by atoms with Gasteiger partial charge in [0.1, 0.15) is 12.1 Å². The minimum absolute atomic E-state index is 0.0298. The summed E-state index contributed by atoms with van der Waals surface area (Å²) in [6.45, 7) is 13.6. The van der Waals surface area contributed by atoms with Crippen molar-refractivity contribution in [2.45, 2.75) is 58.9 Å². The molecular formula is C59H46N6. The molecule has 2 unspecified atom stereocenters. The summed E-state index contributed by atoms with van der Waals surface area (Å²) in [7, 11) is 0. The number of benzene rings is 7. The van der Waals surface area contributed by atoms with E-state index in [2.05, 4.69) is 207 Å². The summed E-state index contributed by atoms with van der Waals surface area (Å²) in [5, 5.41) is 38.1. The molecule has 1 aliphatic carbocycles. The molecule has 6 heteroatoms. The van der Waals surface area contributed by atoms with E-state index in [0.717, 1.165) is 55.0 Å². The molecule has 6 nitrogen and oxygen atoms in total. The van der Waals surface area contributed by atoms with Gasteiger partial charge in [-0.3, -0.25) is 0 Å². The van der Waals surface area contributed by atoms with Crippen LogP contribution in [-0.4, -0.2) is 15.2 Å². The number of hydrogen-bond acceptors (Lipinski definition) is 4. The largest absolute Gasteiger partial charge is 0.330 e. The summed E-state index contributed by atoms with van der Waals surface area (Å²) in [4.78, 5) is 2.45. The second-order valence-electron chi connectivity index (χ2n) is 19.5. The molecule has 312 valence electrons. The first kappa shape index (κ1) is 39.7. The first-order chi connectivity index (χ1) is 31.4. The van der Waals surface area contributed by atoms with Gasteiger partial charge in [-0.05, 0) is 75.6 Å².